The molecule has 41 heavy (non-hydrogen) atoms. The molecule has 0 radical (unpaired) electrons. The number of nitrogens with zero attached hydrogens (tertiary/aromatic N) is 3. The first-order valence-corrected chi connectivity index (χ1v) is 16.3. The van der Waals surface area contributed by atoms with Gasteiger partial charge in [-0.15, -0.1) is 0 Å². The maximum Gasteiger partial charge on any atom is 0.0700 e. The van der Waals surface area contributed by atoms with Gasteiger partial charge in [0, 0.05) is 51.1 Å². The van der Waals surface area contributed by atoms with Crippen LogP contribution in [-0.2, 0) is 31.8 Å². The predicted molar refractivity (Wildman–Crippen MR) is 168 cm³/mol. The lowest BCUT2D eigenvalue weighted by atomic mass is 10.0. The summed E-state index contributed by atoms with van der Waals surface area (Å²) in [7, 11) is 1.83. The summed E-state index contributed by atoms with van der Waals surface area (Å²) in [4.78, 5) is 1.30. The second kappa shape index (κ2) is 17.9. The van der Waals surface area contributed by atoms with Crippen LogP contribution in [0.1, 0.15) is 63.5 Å². The molecule has 0 amide bonds. The molecule has 0 spiro atoms. The number of benzene rings is 1. The van der Waals surface area contributed by atoms with Crippen LogP contribution in [0.15, 0.2) is 47.6 Å². The molecule has 0 unspecified atom stereocenters. The van der Waals surface area contributed by atoms with Gasteiger partial charge in [-0.3, -0.25) is 0 Å². The fourth-order valence-corrected chi connectivity index (χ4v) is 6.31. The van der Waals surface area contributed by atoms with E-state index in [1.54, 1.807) is 0 Å². The summed E-state index contributed by atoms with van der Waals surface area (Å²) in [6.45, 7) is 10.9. The first kappa shape index (κ1) is 32.0. The Hall–Kier alpha value is -1.94. The van der Waals surface area contributed by atoms with Crippen molar-refractivity contribution in [2.24, 2.45) is 0 Å². The van der Waals surface area contributed by atoms with Gasteiger partial charge in [0.15, 0.2) is 0 Å². The number of hydrogen-bond acceptors (Lipinski definition) is 7. The van der Waals surface area contributed by atoms with Crippen molar-refractivity contribution < 1.29 is 18.9 Å². The molecule has 1 aliphatic rings. The molecule has 226 valence electrons. The van der Waals surface area contributed by atoms with Crippen LogP contribution in [0.4, 0.5) is 0 Å². The van der Waals surface area contributed by atoms with E-state index in [0.29, 0.717) is 25.9 Å². The van der Waals surface area contributed by atoms with Crippen LogP contribution in [0, 0.1) is 0 Å². The third-order valence-corrected chi connectivity index (χ3v) is 8.79. The van der Waals surface area contributed by atoms with E-state index in [4.69, 9.17) is 18.9 Å². The molecule has 0 saturated carbocycles. The summed E-state index contributed by atoms with van der Waals surface area (Å²) in [5, 5.41) is 4.52. The van der Waals surface area contributed by atoms with Gasteiger partial charge < -0.3 is 18.9 Å². The van der Waals surface area contributed by atoms with Crippen LogP contribution in [0.5, 0.6) is 0 Å². The maximum absolute atomic E-state index is 5.92. The maximum atomic E-state index is 5.92. The number of hydrogen-bond donors (Lipinski definition) is 0. The van der Waals surface area contributed by atoms with Gasteiger partial charge in [0.05, 0.1) is 37.6 Å². The van der Waals surface area contributed by atoms with Gasteiger partial charge in [0.1, 0.15) is 0 Å². The number of methoxy groups -OCH3 is 1. The second-order valence-corrected chi connectivity index (χ2v) is 11.8. The molecule has 0 atom stereocenters. The van der Waals surface area contributed by atoms with E-state index in [0.717, 1.165) is 84.3 Å². The SMILES string of the molecule is CCCOCCCCCOCCOCCc1ccc(-c2ccn3ncc(CC)c3c2)c(SN2CCC(OC)CC2)c1. The number of ether oxygens (including phenoxy) is 4. The van der Waals surface area contributed by atoms with Crippen molar-refractivity contribution in [1.29, 1.82) is 0 Å². The molecule has 0 bridgehead atoms. The van der Waals surface area contributed by atoms with Gasteiger partial charge in [-0.25, -0.2) is 8.82 Å². The summed E-state index contributed by atoms with van der Waals surface area (Å²) in [5.41, 5.74) is 6.26. The monoisotopic (exact) mass is 583 g/mol. The standard InChI is InChI=1S/C33H49N3O4S/c1-4-18-38-19-7-6-8-20-39-22-23-40-21-14-27-9-10-31(29-11-17-36-32(25-29)28(5-2)26-34-36)33(24-27)41-35-15-12-30(37-3)13-16-35/h9-11,17,24-26,30H,4-8,12-16,18-23H2,1-3H3. The lowest BCUT2D eigenvalue weighted by Crippen LogP contribution is -2.32. The Morgan fingerprint density at radius 3 is 2.37 bits per heavy atom. The normalized spacial score (nSPS) is 14.8. The molecule has 3 heterocycles. The summed E-state index contributed by atoms with van der Waals surface area (Å²) >= 11 is 1.88. The van der Waals surface area contributed by atoms with E-state index in [1.165, 1.54) is 32.7 Å². The van der Waals surface area contributed by atoms with E-state index in [1.807, 2.05) is 29.8 Å². The number of aryl methyl sites for hydroxylation is 1. The summed E-state index contributed by atoms with van der Waals surface area (Å²) < 4.78 is 27.2. The van der Waals surface area contributed by atoms with Gasteiger partial charge in [-0.05, 0) is 104 Å². The topological polar surface area (TPSA) is 57.5 Å². The third kappa shape index (κ3) is 10.1. The molecule has 8 heteroatoms. The van der Waals surface area contributed by atoms with E-state index in [-0.39, 0.29) is 0 Å². The molecule has 1 fully saturated rings. The Labute approximate surface area is 251 Å². The zero-order chi connectivity index (χ0) is 28.7. The average Bonchev–Trinajstić information content (AvgIpc) is 3.42. The van der Waals surface area contributed by atoms with Crippen LogP contribution in [0.2, 0.25) is 0 Å². The van der Waals surface area contributed by atoms with Crippen molar-refractivity contribution in [3.05, 3.63) is 53.9 Å². The van der Waals surface area contributed by atoms with Crippen molar-refractivity contribution in [3.8, 4) is 11.1 Å². The molecule has 2 aromatic heterocycles. The van der Waals surface area contributed by atoms with Crippen LogP contribution >= 0.6 is 11.9 Å². The highest BCUT2D eigenvalue weighted by atomic mass is 32.2. The van der Waals surface area contributed by atoms with Crippen LogP contribution < -0.4 is 0 Å². The Kier molecular flexibility index (Phi) is 14.0. The number of rotatable bonds is 19. The van der Waals surface area contributed by atoms with Gasteiger partial charge in [-0.2, -0.15) is 5.10 Å². The molecular weight excluding hydrogens is 534 g/mol. The summed E-state index contributed by atoms with van der Waals surface area (Å²) in [5.74, 6) is 0. The Bertz CT molecular complexity index is 1160. The number of aromatic nitrogens is 2. The summed E-state index contributed by atoms with van der Waals surface area (Å²) in [6, 6.07) is 11.4. The van der Waals surface area contributed by atoms with E-state index >= 15 is 0 Å². The molecule has 0 N–H and O–H groups in total. The Morgan fingerprint density at radius 1 is 0.878 bits per heavy atom. The number of pyridine rings is 1. The molecule has 3 aromatic rings. The molecule has 1 aromatic carbocycles. The molecule has 0 aliphatic carbocycles. The van der Waals surface area contributed by atoms with Crippen LogP contribution in [-0.4, -0.2) is 79.9 Å². The smallest absolute Gasteiger partial charge is 0.0700 e. The van der Waals surface area contributed by atoms with Crippen molar-refractivity contribution in [2.45, 2.75) is 76.2 Å². The molecule has 4 rings (SSSR count). The Balaban J connectivity index is 1.30. The molecule has 1 saturated heterocycles. The van der Waals surface area contributed by atoms with Gasteiger partial charge in [0.2, 0.25) is 0 Å². The van der Waals surface area contributed by atoms with Gasteiger partial charge in [0.25, 0.3) is 0 Å². The van der Waals surface area contributed by atoms with Gasteiger partial charge in [-0.1, -0.05) is 26.0 Å². The van der Waals surface area contributed by atoms with Crippen LogP contribution in [0.25, 0.3) is 16.6 Å². The summed E-state index contributed by atoms with van der Waals surface area (Å²) in [6.07, 6.45) is 12.9. The highest BCUT2D eigenvalue weighted by Gasteiger charge is 2.21. The zero-order valence-electron chi connectivity index (χ0n) is 25.3. The first-order chi connectivity index (χ1) is 20.2. The first-order valence-electron chi connectivity index (χ1n) is 15.5. The van der Waals surface area contributed by atoms with Crippen molar-refractivity contribution >= 4 is 17.5 Å². The fraction of sp³-hybridized carbons (Fsp3) is 0.606. The van der Waals surface area contributed by atoms with E-state index in [9.17, 15) is 0 Å². The number of piperidine rings is 1. The van der Waals surface area contributed by atoms with Crippen molar-refractivity contribution in [3.63, 3.8) is 0 Å². The third-order valence-electron chi connectivity index (χ3n) is 7.63. The minimum Gasteiger partial charge on any atom is -0.381 e. The highest BCUT2D eigenvalue weighted by Crippen LogP contribution is 2.36. The largest absolute Gasteiger partial charge is 0.381 e. The zero-order valence-corrected chi connectivity index (χ0v) is 26.1. The lowest BCUT2D eigenvalue weighted by Gasteiger charge is -2.30. The van der Waals surface area contributed by atoms with E-state index < -0.39 is 0 Å². The minimum absolute atomic E-state index is 0.376. The Morgan fingerprint density at radius 2 is 1.63 bits per heavy atom. The molecule has 7 nitrogen and oxygen atoms in total. The van der Waals surface area contributed by atoms with E-state index in [2.05, 4.69) is 59.8 Å². The molecule has 1 aliphatic heterocycles. The number of unbranched alkanes of at least 4 members (excludes halogenated alkanes) is 2. The van der Waals surface area contributed by atoms with Gasteiger partial charge >= 0.3 is 0 Å². The predicted octanol–water partition coefficient (Wildman–Crippen LogP) is 6.85. The number of fused-ring (bicyclic) bond motifs is 1. The highest BCUT2D eigenvalue weighted by molar-refractivity contribution is 7.97. The fourth-order valence-electron chi connectivity index (χ4n) is 5.15. The lowest BCUT2D eigenvalue weighted by molar-refractivity contribution is 0.0465. The minimum atomic E-state index is 0.376. The second-order valence-electron chi connectivity index (χ2n) is 10.7. The van der Waals surface area contributed by atoms with Crippen LogP contribution in [0.3, 0.4) is 0 Å². The van der Waals surface area contributed by atoms with Crippen molar-refractivity contribution in [1.82, 2.24) is 13.9 Å². The molecular formula is C33H49N3O4S. The average molecular weight is 584 g/mol. The van der Waals surface area contributed by atoms with Crippen molar-refractivity contribution in [2.75, 3.05) is 59.8 Å². The quantitative estimate of drug-likeness (QED) is 0.113.